The van der Waals surface area contributed by atoms with Gasteiger partial charge in [0, 0.05) is 23.4 Å². The van der Waals surface area contributed by atoms with Gasteiger partial charge < -0.3 is 19.1 Å². The first kappa shape index (κ1) is 19.7. The number of fused-ring (bicyclic) bond motifs is 5. The molecule has 3 aromatic rings. The summed E-state index contributed by atoms with van der Waals surface area (Å²) in [4.78, 5) is 41.4. The third kappa shape index (κ3) is 2.72. The Labute approximate surface area is 181 Å². The molecule has 0 saturated carbocycles. The first-order valence-electron chi connectivity index (χ1n) is 9.72. The summed E-state index contributed by atoms with van der Waals surface area (Å²) < 4.78 is 11.7. The van der Waals surface area contributed by atoms with Crippen LogP contribution in [0, 0.1) is 0 Å². The summed E-state index contributed by atoms with van der Waals surface area (Å²) in [6.45, 7) is 2.96. The van der Waals surface area contributed by atoms with Crippen LogP contribution < -0.4 is 10.3 Å². The fourth-order valence-electron chi connectivity index (χ4n) is 4.24. The van der Waals surface area contributed by atoms with Crippen molar-refractivity contribution in [1.82, 2.24) is 9.55 Å². The summed E-state index contributed by atoms with van der Waals surface area (Å²) in [6, 6.07) is 6.55. The topological polar surface area (TPSA) is 108 Å². The Balaban J connectivity index is 1.74. The average Bonchev–Trinajstić information content (AvgIpc) is 3.11. The van der Waals surface area contributed by atoms with Gasteiger partial charge in [-0.1, -0.05) is 18.5 Å². The van der Waals surface area contributed by atoms with E-state index in [1.54, 1.807) is 31.2 Å². The van der Waals surface area contributed by atoms with Gasteiger partial charge in [0.05, 0.1) is 34.0 Å². The number of cyclic esters (lactones) is 1. The van der Waals surface area contributed by atoms with Crippen LogP contribution in [0.5, 0.6) is 5.75 Å². The predicted octanol–water partition coefficient (Wildman–Crippen LogP) is 2.66. The molecule has 0 saturated heterocycles. The number of carbonyl (C=O) groups is 2. The van der Waals surface area contributed by atoms with E-state index < -0.39 is 17.5 Å². The lowest BCUT2D eigenvalue weighted by molar-refractivity contribution is -0.172. The number of pyridine rings is 2. The number of nitrogens with zero attached hydrogens (tertiary/aromatic N) is 2. The molecule has 5 rings (SSSR count). The van der Waals surface area contributed by atoms with Gasteiger partial charge in [0.1, 0.15) is 12.4 Å². The predicted molar refractivity (Wildman–Crippen MR) is 111 cm³/mol. The van der Waals surface area contributed by atoms with Crippen LogP contribution in [0.3, 0.4) is 0 Å². The summed E-state index contributed by atoms with van der Waals surface area (Å²) in [5.74, 6) is -0.877. The Kier molecular flexibility index (Phi) is 4.22. The lowest BCUT2D eigenvalue weighted by Crippen LogP contribution is -2.44. The van der Waals surface area contributed by atoms with Gasteiger partial charge in [-0.05, 0) is 30.7 Å². The van der Waals surface area contributed by atoms with Crippen LogP contribution in [0.2, 0.25) is 5.02 Å². The number of esters is 2. The molecule has 1 atom stereocenters. The zero-order chi connectivity index (χ0) is 22.1. The van der Waals surface area contributed by atoms with Crippen molar-refractivity contribution in [3.8, 4) is 17.1 Å². The molecule has 0 aliphatic carbocycles. The van der Waals surface area contributed by atoms with E-state index in [1.165, 1.54) is 11.5 Å². The normalized spacial score (nSPS) is 18.9. The molecule has 31 heavy (non-hydrogen) atoms. The Bertz CT molecular complexity index is 1380. The highest BCUT2D eigenvalue weighted by atomic mass is 35.5. The molecule has 0 fully saturated rings. The SMILES string of the molecule is CC[C@@]1(O)C(=O)OCc2c1cc1n(c2=O)Cc2c-1nc1ccc(OC(C)=O)cc1c2Cl. The number of halogens is 1. The summed E-state index contributed by atoms with van der Waals surface area (Å²) in [5.41, 5.74) is 0.444. The maximum absolute atomic E-state index is 13.2. The van der Waals surface area contributed by atoms with E-state index in [-0.39, 0.29) is 36.3 Å². The molecule has 0 spiro atoms. The lowest BCUT2D eigenvalue weighted by atomic mass is 9.86. The van der Waals surface area contributed by atoms with Crippen LogP contribution >= 0.6 is 11.6 Å². The number of aliphatic hydroxyl groups is 1. The van der Waals surface area contributed by atoms with Crippen molar-refractivity contribution in [3.63, 3.8) is 0 Å². The third-order valence-electron chi connectivity index (χ3n) is 5.85. The standard InChI is InChI=1S/C22H17ClN2O6/c1-3-22(29)15-7-17-19-13(8-25(17)20(27)14(15)9-30-21(22)28)18(23)12-6-11(31-10(2)26)4-5-16(12)24-19/h4-7,29H,3,8-9H2,1-2H3/t22-/m0/s1. The Morgan fingerprint density at radius 3 is 2.81 bits per heavy atom. The average molecular weight is 441 g/mol. The second-order valence-corrected chi connectivity index (χ2v) is 8.01. The summed E-state index contributed by atoms with van der Waals surface area (Å²) in [6.07, 6.45) is 0.0689. The molecule has 2 aliphatic heterocycles. The number of rotatable bonds is 2. The minimum absolute atomic E-state index is 0.0689. The number of hydrogen-bond acceptors (Lipinski definition) is 7. The summed E-state index contributed by atoms with van der Waals surface area (Å²) >= 11 is 6.68. The van der Waals surface area contributed by atoms with Gasteiger partial charge in [-0.25, -0.2) is 9.78 Å². The maximum Gasteiger partial charge on any atom is 0.343 e. The largest absolute Gasteiger partial charge is 0.458 e. The van der Waals surface area contributed by atoms with Gasteiger partial charge in [-0.2, -0.15) is 0 Å². The minimum Gasteiger partial charge on any atom is -0.458 e. The third-order valence-corrected chi connectivity index (χ3v) is 6.28. The smallest absolute Gasteiger partial charge is 0.343 e. The van der Waals surface area contributed by atoms with Gasteiger partial charge in [0.25, 0.3) is 5.56 Å². The van der Waals surface area contributed by atoms with Crippen molar-refractivity contribution in [2.75, 3.05) is 0 Å². The molecule has 0 unspecified atom stereocenters. The first-order valence-corrected chi connectivity index (χ1v) is 10.1. The molecule has 1 N–H and O–H groups in total. The minimum atomic E-state index is -1.88. The van der Waals surface area contributed by atoms with Crippen molar-refractivity contribution in [1.29, 1.82) is 0 Å². The van der Waals surface area contributed by atoms with Gasteiger partial charge in [-0.15, -0.1) is 0 Å². The Hall–Kier alpha value is -3.23. The van der Waals surface area contributed by atoms with E-state index in [1.807, 2.05) is 0 Å². The van der Waals surface area contributed by atoms with E-state index in [2.05, 4.69) is 4.98 Å². The highest BCUT2D eigenvalue weighted by molar-refractivity contribution is 6.36. The molecule has 1 aromatic carbocycles. The lowest BCUT2D eigenvalue weighted by Gasteiger charge is -2.31. The van der Waals surface area contributed by atoms with Crippen LogP contribution in [-0.2, 0) is 33.1 Å². The molecule has 0 radical (unpaired) electrons. The van der Waals surface area contributed by atoms with E-state index in [0.717, 1.165) is 0 Å². The van der Waals surface area contributed by atoms with Crippen molar-refractivity contribution < 1.29 is 24.2 Å². The van der Waals surface area contributed by atoms with Gasteiger partial charge in [-0.3, -0.25) is 9.59 Å². The number of ether oxygens (including phenoxy) is 2. The summed E-state index contributed by atoms with van der Waals surface area (Å²) in [5, 5.41) is 11.9. The maximum atomic E-state index is 13.2. The number of aromatic nitrogens is 2. The Morgan fingerprint density at radius 1 is 1.32 bits per heavy atom. The van der Waals surface area contributed by atoms with E-state index >= 15 is 0 Å². The van der Waals surface area contributed by atoms with Crippen LogP contribution in [0.1, 0.15) is 37.0 Å². The molecular formula is C22H17ClN2O6. The van der Waals surface area contributed by atoms with Crippen LogP contribution in [0.15, 0.2) is 29.1 Å². The monoisotopic (exact) mass is 440 g/mol. The van der Waals surface area contributed by atoms with Gasteiger partial charge in [0.2, 0.25) is 0 Å². The second-order valence-electron chi connectivity index (χ2n) is 7.63. The quantitative estimate of drug-likeness (QED) is 0.377. The van der Waals surface area contributed by atoms with Crippen molar-refractivity contribution in [2.24, 2.45) is 0 Å². The molecule has 0 amide bonds. The Morgan fingerprint density at radius 2 is 2.10 bits per heavy atom. The fraction of sp³-hybridized carbons (Fsp3) is 0.273. The fourth-order valence-corrected chi connectivity index (χ4v) is 4.54. The van der Waals surface area contributed by atoms with Gasteiger partial charge in [0.15, 0.2) is 5.60 Å². The van der Waals surface area contributed by atoms with E-state index in [9.17, 15) is 19.5 Å². The number of benzene rings is 1. The van der Waals surface area contributed by atoms with Crippen molar-refractivity contribution in [3.05, 3.63) is 56.3 Å². The molecule has 8 nitrogen and oxygen atoms in total. The van der Waals surface area contributed by atoms with Crippen molar-refractivity contribution >= 4 is 34.4 Å². The molecule has 9 heteroatoms. The molecular weight excluding hydrogens is 424 g/mol. The molecule has 158 valence electrons. The van der Waals surface area contributed by atoms with Crippen LogP contribution in [0.4, 0.5) is 0 Å². The zero-order valence-corrected chi connectivity index (χ0v) is 17.4. The second kappa shape index (κ2) is 6.63. The molecule has 4 heterocycles. The van der Waals surface area contributed by atoms with Crippen molar-refractivity contribution in [2.45, 2.75) is 39.0 Å². The van der Waals surface area contributed by atoms with Crippen LogP contribution in [0.25, 0.3) is 22.3 Å². The highest BCUT2D eigenvalue weighted by Crippen LogP contribution is 2.42. The van der Waals surface area contributed by atoms with E-state index in [4.69, 9.17) is 21.1 Å². The molecule has 2 aromatic heterocycles. The number of hydrogen-bond donors (Lipinski definition) is 1. The summed E-state index contributed by atoms with van der Waals surface area (Å²) in [7, 11) is 0. The zero-order valence-electron chi connectivity index (χ0n) is 16.7. The molecule has 2 aliphatic rings. The van der Waals surface area contributed by atoms with Gasteiger partial charge >= 0.3 is 11.9 Å². The van der Waals surface area contributed by atoms with E-state index in [0.29, 0.717) is 38.6 Å². The van der Waals surface area contributed by atoms with Crippen LogP contribution in [-0.4, -0.2) is 26.6 Å². The highest BCUT2D eigenvalue weighted by Gasteiger charge is 2.45. The first-order chi connectivity index (χ1) is 14.7. The molecule has 0 bridgehead atoms. The number of carbonyl (C=O) groups excluding carboxylic acids is 2.